The molecule has 2 heterocycles. The third kappa shape index (κ3) is 3.68. The van der Waals surface area contributed by atoms with Gasteiger partial charge in [-0.3, -0.25) is 24.5 Å². The van der Waals surface area contributed by atoms with Crippen molar-refractivity contribution in [2.24, 2.45) is 0 Å². The average Bonchev–Trinajstić information content (AvgIpc) is 3.03. The third-order valence-electron chi connectivity index (χ3n) is 5.48. The molecule has 4 amide bonds. The van der Waals surface area contributed by atoms with Crippen LogP contribution in [-0.2, 0) is 22.6 Å². The highest BCUT2D eigenvalue weighted by Gasteiger charge is 2.39. The van der Waals surface area contributed by atoms with Crippen molar-refractivity contribution in [1.82, 2.24) is 10.2 Å². The van der Waals surface area contributed by atoms with Crippen molar-refractivity contribution in [2.45, 2.75) is 38.8 Å². The van der Waals surface area contributed by atoms with Crippen LogP contribution in [0, 0.1) is 0 Å². The Morgan fingerprint density at radius 1 is 1.20 bits per heavy atom. The summed E-state index contributed by atoms with van der Waals surface area (Å²) in [6.45, 7) is 2.20. The maximum atomic E-state index is 12.9. The summed E-state index contributed by atoms with van der Waals surface area (Å²) >= 11 is 5.88. The molecule has 2 aromatic carbocycles. The van der Waals surface area contributed by atoms with Crippen LogP contribution in [0.1, 0.15) is 51.6 Å². The second-order valence-electron chi connectivity index (χ2n) is 7.38. The van der Waals surface area contributed by atoms with E-state index in [4.69, 9.17) is 11.6 Å². The lowest BCUT2D eigenvalue weighted by atomic mass is 10.0. The van der Waals surface area contributed by atoms with Gasteiger partial charge in [-0.05, 0) is 60.4 Å². The van der Waals surface area contributed by atoms with Gasteiger partial charge in [0.2, 0.25) is 11.8 Å². The van der Waals surface area contributed by atoms with E-state index >= 15 is 0 Å². The number of aryl methyl sites for hydroxylation is 1. The van der Waals surface area contributed by atoms with Gasteiger partial charge in [-0.1, -0.05) is 18.5 Å². The number of piperidine rings is 1. The van der Waals surface area contributed by atoms with Crippen LogP contribution in [0.4, 0.5) is 5.69 Å². The Hall–Kier alpha value is -3.19. The van der Waals surface area contributed by atoms with Crippen molar-refractivity contribution >= 4 is 40.9 Å². The Balaban J connectivity index is 1.59. The van der Waals surface area contributed by atoms with Gasteiger partial charge in [-0.25, -0.2) is 0 Å². The maximum absolute atomic E-state index is 12.9. The van der Waals surface area contributed by atoms with Crippen molar-refractivity contribution < 1.29 is 19.2 Å². The number of anilines is 1. The molecule has 0 aliphatic carbocycles. The first-order valence-electron chi connectivity index (χ1n) is 9.74. The van der Waals surface area contributed by atoms with E-state index in [9.17, 15) is 19.2 Å². The summed E-state index contributed by atoms with van der Waals surface area (Å²) < 4.78 is 0. The van der Waals surface area contributed by atoms with Gasteiger partial charge in [0.1, 0.15) is 6.04 Å². The van der Waals surface area contributed by atoms with Crippen LogP contribution in [0.2, 0.25) is 5.02 Å². The predicted molar refractivity (Wildman–Crippen MR) is 111 cm³/mol. The minimum absolute atomic E-state index is 0.207. The van der Waals surface area contributed by atoms with Gasteiger partial charge in [0, 0.05) is 34.8 Å². The van der Waals surface area contributed by atoms with Gasteiger partial charge in [-0.15, -0.1) is 0 Å². The lowest BCUT2D eigenvalue weighted by Gasteiger charge is -2.29. The Bertz CT molecular complexity index is 1060. The molecule has 1 atom stereocenters. The molecule has 0 spiro atoms. The monoisotopic (exact) mass is 425 g/mol. The summed E-state index contributed by atoms with van der Waals surface area (Å²) in [7, 11) is 0. The number of rotatable bonds is 4. The third-order valence-corrected chi connectivity index (χ3v) is 5.73. The zero-order chi connectivity index (χ0) is 21.4. The summed E-state index contributed by atoms with van der Waals surface area (Å²) in [6.07, 6.45) is 1.14. The Morgan fingerprint density at radius 3 is 2.60 bits per heavy atom. The van der Waals surface area contributed by atoms with Gasteiger partial charge in [-0.2, -0.15) is 0 Å². The predicted octanol–water partition coefficient (Wildman–Crippen LogP) is 2.92. The summed E-state index contributed by atoms with van der Waals surface area (Å²) in [4.78, 5) is 50.7. The normalized spacial score (nSPS) is 18.3. The van der Waals surface area contributed by atoms with Gasteiger partial charge in [0.05, 0.1) is 0 Å². The van der Waals surface area contributed by atoms with Crippen LogP contribution >= 0.6 is 11.6 Å². The van der Waals surface area contributed by atoms with E-state index in [0.717, 1.165) is 11.1 Å². The van der Waals surface area contributed by atoms with Crippen LogP contribution in [0.3, 0.4) is 0 Å². The Morgan fingerprint density at radius 2 is 1.93 bits per heavy atom. The van der Waals surface area contributed by atoms with Crippen molar-refractivity contribution in [3.8, 4) is 0 Å². The van der Waals surface area contributed by atoms with E-state index < -0.39 is 11.9 Å². The van der Waals surface area contributed by atoms with Gasteiger partial charge >= 0.3 is 0 Å². The van der Waals surface area contributed by atoms with E-state index in [2.05, 4.69) is 10.6 Å². The molecule has 0 bridgehead atoms. The maximum Gasteiger partial charge on any atom is 0.255 e. The molecule has 154 valence electrons. The molecule has 4 rings (SSSR count). The van der Waals surface area contributed by atoms with Gasteiger partial charge in [0.25, 0.3) is 11.8 Å². The summed E-state index contributed by atoms with van der Waals surface area (Å²) in [5.74, 6) is -1.27. The van der Waals surface area contributed by atoms with E-state index in [1.165, 1.54) is 4.90 Å². The second kappa shape index (κ2) is 7.91. The van der Waals surface area contributed by atoms with E-state index in [1.54, 1.807) is 36.4 Å². The number of hydrogen-bond donors (Lipinski definition) is 2. The smallest absolute Gasteiger partial charge is 0.255 e. The van der Waals surface area contributed by atoms with E-state index in [0.29, 0.717) is 34.7 Å². The standard InChI is InChI=1S/C22H20ClN3O4/c1-2-12-9-16-14(10-17(12)24-20(28)13-3-5-15(23)6-4-13)11-26(22(16)30)18-7-8-19(27)25-21(18)29/h3-6,9-10,18H,2,7-8,11H2,1H3,(H,24,28)(H,25,27,29). The number of halogens is 1. The number of carbonyl (C=O) groups excluding carboxylic acids is 4. The number of hydrogen-bond acceptors (Lipinski definition) is 4. The van der Waals surface area contributed by atoms with Crippen LogP contribution in [0.25, 0.3) is 0 Å². The Labute approximate surface area is 178 Å². The molecular weight excluding hydrogens is 406 g/mol. The molecule has 2 aromatic rings. The zero-order valence-corrected chi connectivity index (χ0v) is 17.1. The fourth-order valence-electron chi connectivity index (χ4n) is 3.87. The van der Waals surface area contributed by atoms with Crippen LogP contribution in [0.15, 0.2) is 36.4 Å². The molecule has 2 aliphatic rings. The SMILES string of the molecule is CCc1cc2c(cc1NC(=O)c1ccc(Cl)cc1)CN(C1CCC(=O)NC1=O)C2=O. The lowest BCUT2D eigenvalue weighted by molar-refractivity contribution is -0.136. The highest BCUT2D eigenvalue weighted by molar-refractivity contribution is 6.30. The van der Waals surface area contributed by atoms with Crippen molar-refractivity contribution in [1.29, 1.82) is 0 Å². The molecule has 2 N–H and O–H groups in total. The molecule has 2 aliphatic heterocycles. The first kappa shape index (κ1) is 20.1. The molecule has 1 fully saturated rings. The minimum Gasteiger partial charge on any atom is -0.322 e. The van der Waals surface area contributed by atoms with Crippen molar-refractivity contribution in [3.63, 3.8) is 0 Å². The summed E-state index contributed by atoms with van der Waals surface area (Å²) in [6, 6.07) is 9.50. The number of imide groups is 1. The average molecular weight is 426 g/mol. The molecule has 1 unspecified atom stereocenters. The molecule has 8 heteroatoms. The van der Waals surface area contributed by atoms with Crippen LogP contribution in [-0.4, -0.2) is 34.6 Å². The molecule has 0 radical (unpaired) electrons. The number of fused-ring (bicyclic) bond motifs is 1. The number of carbonyl (C=O) groups is 4. The lowest BCUT2D eigenvalue weighted by Crippen LogP contribution is -2.52. The molecule has 7 nitrogen and oxygen atoms in total. The zero-order valence-electron chi connectivity index (χ0n) is 16.3. The molecule has 0 aromatic heterocycles. The number of benzene rings is 2. The number of nitrogens with zero attached hydrogens (tertiary/aromatic N) is 1. The topological polar surface area (TPSA) is 95.6 Å². The largest absolute Gasteiger partial charge is 0.322 e. The fraction of sp³-hybridized carbons (Fsp3) is 0.273. The van der Waals surface area contributed by atoms with E-state index in [1.807, 2.05) is 6.92 Å². The second-order valence-corrected chi connectivity index (χ2v) is 7.82. The molecule has 30 heavy (non-hydrogen) atoms. The first-order chi connectivity index (χ1) is 14.4. The number of nitrogens with one attached hydrogen (secondary N) is 2. The van der Waals surface area contributed by atoms with Crippen LogP contribution < -0.4 is 10.6 Å². The Kier molecular flexibility index (Phi) is 5.30. The van der Waals surface area contributed by atoms with Crippen molar-refractivity contribution in [3.05, 3.63) is 63.7 Å². The number of amides is 4. The summed E-state index contributed by atoms with van der Waals surface area (Å²) in [5, 5.41) is 5.76. The molecule has 1 saturated heterocycles. The van der Waals surface area contributed by atoms with Crippen molar-refractivity contribution in [2.75, 3.05) is 5.32 Å². The van der Waals surface area contributed by atoms with Gasteiger partial charge in [0.15, 0.2) is 0 Å². The molecular formula is C22H20ClN3O4. The van der Waals surface area contributed by atoms with Gasteiger partial charge < -0.3 is 10.2 Å². The van der Waals surface area contributed by atoms with Crippen LogP contribution in [0.5, 0.6) is 0 Å². The molecule has 0 saturated carbocycles. The summed E-state index contributed by atoms with van der Waals surface area (Å²) in [5.41, 5.74) is 3.21. The quantitative estimate of drug-likeness (QED) is 0.736. The minimum atomic E-state index is -0.667. The van der Waals surface area contributed by atoms with E-state index in [-0.39, 0.29) is 30.7 Å². The highest BCUT2D eigenvalue weighted by Crippen LogP contribution is 2.32. The fourth-order valence-corrected chi connectivity index (χ4v) is 3.99. The highest BCUT2D eigenvalue weighted by atomic mass is 35.5. The first-order valence-corrected chi connectivity index (χ1v) is 10.1.